The Morgan fingerprint density at radius 1 is 1.04 bits per heavy atom. The van der Waals surface area contributed by atoms with Crippen molar-refractivity contribution >= 4 is 17.5 Å². The summed E-state index contributed by atoms with van der Waals surface area (Å²) in [5.41, 5.74) is 4.55. The Kier molecular flexibility index (Phi) is 4.03. The number of fused-ring (bicyclic) bond motifs is 1. The van der Waals surface area contributed by atoms with E-state index in [1.807, 2.05) is 25.2 Å². The van der Waals surface area contributed by atoms with E-state index in [1.165, 1.54) is 18.5 Å². The molecule has 2 aromatic carbocycles. The summed E-state index contributed by atoms with van der Waals surface area (Å²) in [6.07, 6.45) is 6.32. The molecule has 2 atom stereocenters. The van der Waals surface area contributed by atoms with Crippen LogP contribution >= 0.6 is 0 Å². The zero-order valence-corrected chi connectivity index (χ0v) is 14.1. The fourth-order valence-electron chi connectivity index (χ4n) is 3.82. The van der Waals surface area contributed by atoms with Crippen LogP contribution in [0.1, 0.15) is 30.1 Å². The van der Waals surface area contributed by atoms with E-state index in [2.05, 4.69) is 52.3 Å². The van der Waals surface area contributed by atoms with Crippen molar-refractivity contribution in [2.45, 2.75) is 25.0 Å². The SMILES string of the molecule is CN(c1ccccc1)[C@@H]1C=Cc2cc(N3CCCC3)ccc2[C@H]1O. The molecule has 0 saturated carbocycles. The molecule has 0 spiro atoms. The molecule has 4 rings (SSSR count). The predicted molar refractivity (Wildman–Crippen MR) is 101 cm³/mol. The van der Waals surface area contributed by atoms with Crippen LogP contribution in [0, 0.1) is 0 Å². The molecule has 1 saturated heterocycles. The molecule has 3 heteroatoms. The largest absolute Gasteiger partial charge is 0.386 e. The second-order valence-corrected chi connectivity index (χ2v) is 6.75. The van der Waals surface area contributed by atoms with Crippen molar-refractivity contribution in [3.8, 4) is 0 Å². The Balaban J connectivity index is 1.60. The third-order valence-corrected chi connectivity index (χ3v) is 5.27. The zero-order chi connectivity index (χ0) is 16.5. The lowest BCUT2D eigenvalue weighted by Crippen LogP contribution is -2.37. The molecule has 1 fully saturated rings. The maximum atomic E-state index is 10.9. The van der Waals surface area contributed by atoms with Gasteiger partial charge in [-0.05, 0) is 48.2 Å². The lowest BCUT2D eigenvalue weighted by molar-refractivity contribution is 0.159. The second kappa shape index (κ2) is 6.33. The summed E-state index contributed by atoms with van der Waals surface area (Å²) in [4.78, 5) is 4.57. The van der Waals surface area contributed by atoms with E-state index in [4.69, 9.17) is 0 Å². The number of aliphatic hydroxyl groups excluding tert-OH is 1. The van der Waals surface area contributed by atoms with E-state index in [9.17, 15) is 5.11 Å². The van der Waals surface area contributed by atoms with Gasteiger partial charge in [-0.3, -0.25) is 0 Å². The maximum Gasteiger partial charge on any atom is 0.103 e. The van der Waals surface area contributed by atoms with Crippen molar-refractivity contribution < 1.29 is 5.11 Å². The number of likely N-dealkylation sites (N-methyl/N-ethyl adjacent to an activating group) is 1. The van der Waals surface area contributed by atoms with Crippen molar-refractivity contribution in [3.63, 3.8) is 0 Å². The first-order valence-electron chi connectivity index (χ1n) is 8.77. The Hall–Kier alpha value is -2.26. The molecular formula is C21H24N2O. The summed E-state index contributed by atoms with van der Waals surface area (Å²) in [5, 5.41) is 10.9. The molecular weight excluding hydrogens is 296 g/mol. The van der Waals surface area contributed by atoms with Gasteiger partial charge in [0, 0.05) is 31.5 Å². The van der Waals surface area contributed by atoms with Gasteiger partial charge >= 0.3 is 0 Å². The van der Waals surface area contributed by atoms with Crippen LogP contribution < -0.4 is 9.80 Å². The third kappa shape index (κ3) is 2.69. The highest BCUT2D eigenvalue weighted by Crippen LogP contribution is 2.35. The average Bonchev–Trinajstić information content (AvgIpc) is 3.17. The van der Waals surface area contributed by atoms with Gasteiger partial charge in [-0.2, -0.15) is 0 Å². The van der Waals surface area contributed by atoms with Gasteiger partial charge in [0.25, 0.3) is 0 Å². The van der Waals surface area contributed by atoms with Crippen LogP contribution in [0.5, 0.6) is 0 Å². The van der Waals surface area contributed by atoms with Gasteiger partial charge in [0.15, 0.2) is 0 Å². The first-order chi connectivity index (χ1) is 11.7. The standard InChI is InChI=1S/C21H24N2O/c1-22(17-7-3-2-4-8-17)20-12-9-16-15-18(23-13-5-6-14-23)10-11-19(16)21(20)24/h2-4,7-12,15,20-21,24H,5-6,13-14H2,1H3/t20-,21-/m1/s1. The summed E-state index contributed by atoms with van der Waals surface area (Å²) in [6, 6.07) is 16.7. The van der Waals surface area contributed by atoms with E-state index < -0.39 is 6.10 Å². The smallest absolute Gasteiger partial charge is 0.103 e. The summed E-state index contributed by atoms with van der Waals surface area (Å²) in [6.45, 7) is 2.29. The normalized spacial score (nSPS) is 22.5. The second-order valence-electron chi connectivity index (χ2n) is 6.75. The van der Waals surface area contributed by atoms with Gasteiger partial charge < -0.3 is 14.9 Å². The number of para-hydroxylation sites is 1. The molecule has 2 aliphatic rings. The van der Waals surface area contributed by atoms with Gasteiger partial charge in [0.05, 0.1) is 6.04 Å². The molecule has 0 bridgehead atoms. The summed E-state index contributed by atoms with van der Waals surface area (Å²) >= 11 is 0. The highest BCUT2D eigenvalue weighted by atomic mass is 16.3. The minimum Gasteiger partial charge on any atom is -0.386 e. The van der Waals surface area contributed by atoms with Gasteiger partial charge in [-0.25, -0.2) is 0 Å². The van der Waals surface area contributed by atoms with Gasteiger partial charge in [-0.15, -0.1) is 0 Å². The molecule has 1 N–H and O–H groups in total. The van der Waals surface area contributed by atoms with Gasteiger partial charge in [-0.1, -0.05) is 36.4 Å². The van der Waals surface area contributed by atoms with Crippen molar-refractivity contribution in [3.05, 3.63) is 65.7 Å². The van der Waals surface area contributed by atoms with Crippen LogP contribution in [0.15, 0.2) is 54.6 Å². The molecule has 1 aliphatic heterocycles. The number of benzene rings is 2. The van der Waals surface area contributed by atoms with E-state index in [0.717, 1.165) is 29.9 Å². The van der Waals surface area contributed by atoms with Crippen LogP contribution in [0.3, 0.4) is 0 Å². The number of aliphatic hydroxyl groups is 1. The molecule has 2 aromatic rings. The lowest BCUT2D eigenvalue weighted by atomic mass is 9.90. The molecule has 3 nitrogen and oxygen atoms in total. The van der Waals surface area contributed by atoms with E-state index in [1.54, 1.807) is 0 Å². The van der Waals surface area contributed by atoms with E-state index in [-0.39, 0.29) is 6.04 Å². The molecule has 124 valence electrons. The molecule has 1 heterocycles. The highest BCUT2D eigenvalue weighted by molar-refractivity contribution is 5.66. The zero-order valence-electron chi connectivity index (χ0n) is 14.1. The quantitative estimate of drug-likeness (QED) is 0.930. The molecule has 0 amide bonds. The Labute approximate surface area is 143 Å². The molecule has 0 unspecified atom stereocenters. The summed E-state index contributed by atoms with van der Waals surface area (Å²) < 4.78 is 0. The van der Waals surface area contributed by atoms with E-state index in [0.29, 0.717) is 0 Å². The predicted octanol–water partition coefficient (Wildman–Crippen LogP) is 3.85. The van der Waals surface area contributed by atoms with Crippen LogP contribution in [-0.2, 0) is 0 Å². The average molecular weight is 320 g/mol. The third-order valence-electron chi connectivity index (χ3n) is 5.27. The van der Waals surface area contributed by atoms with Crippen molar-refractivity contribution in [2.24, 2.45) is 0 Å². The maximum absolute atomic E-state index is 10.9. The monoisotopic (exact) mass is 320 g/mol. The van der Waals surface area contributed by atoms with E-state index >= 15 is 0 Å². The minimum absolute atomic E-state index is 0.0439. The fourth-order valence-corrected chi connectivity index (χ4v) is 3.82. The van der Waals surface area contributed by atoms with Crippen LogP contribution in [0.25, 0.3) is 6.08 Å². The van der Waals surface area contributed by atoms with Crippen LogP contribution in [0.2, 0.25) is 0 Å². The molecule has 1 aliphatic carbocycles. The van der Waals surface area contributed by atoms with Crippen LogP contribution in [-0.4, -0.2) is 31.3 Å². The van der Waals surface area contributed by atoms with Crippen molar-refractivity contribution in [1.29, 1.82) is 0 Å². The van der Waals surface area contributed by atoms with Gasteiger partial charge in [0.1, 0.15) is 6.10 Å². The Morgan fingerprint density at radius 3 is 2.54 bits per heavy atom. The first-order valence-corrected chi connectivity index (χ1v) is 8.77. The molecule has 0 aromatic heterocycles. The van der Waals surface area contributed by atoms with Crippen molar-refractivity contribution in [1.82, 2.24) is 0 Å². The number of anilines is 2. The number of hydrogen-bond acceptors (Lipinski definition) is 3. The number of rotatable bonds is 3. The Bertz CT molecular complexity index is 735. The first kappa shape index (κ1) is 15.3. The topological polar surface area (TPSA) is 26.7 Å². The number of nitrogens with zero attached hydrogens (tertiary/aromatic N) is 2. The molecule has 0 radical (unpaired) electrons. The summed E-state index contributed by atoms with van der Waals surface area (Å²) in [7, 11) is 2.04. The van der Waals surface area contributed by atoms with Crippen LogP contribution in [0.4, 0.5) is 11.4 Å². The lowest BCUT2D eigenvalue weighted by Gasteiger charge is -2.35. The Morgan fingerprint density at radius 2 is 1.79 bits per heavy atom. The van der Waals surface area contributed by atoms with Gasteiger partial charge in [0.2, 0.25) is 0 Å². The fraction of sp³-hybridized carbons (Fsp3) is 0.333. The summed E-state index contributed by atoms with van der Waals surface area (Å²) in [5.74, 6) is 0. The minimum atomic E-state index is -0.511. The highest BCUT2D eigenvalue weighted by Gasteiger charge is 2.28. The molecule has 24 heavy (non-hydrogen) atoms. The van der Waals surface area contributed by atoms with Crippen molar-refractivity contribution in [2.75, 3.05) is 29.9 Å². The number of hydrogen-bond donors (Lipinski definition) is 1.